The van der Waals surface area contributed by atoms with Crippen LogP contribution in [0.25, 0.3) is 11.3 Å². The molecule has 1 aromatic heterocycles. The first-order valence-corrected chi connectivity index (χ1v) is 7.36. The Balaban J connectivity index is 1.76. The number of aromatic hydroxyl groups is 1. The molecule has 0 bridgehead atoms. The number of ether oxygens (including phenoxy) is 1. The summed E-state index contributed by atoms with van der Waals surface area (Å²) in [6.45, 7) is 0.593. The van der Waals surface area contributed by atoms with Crippen molar-refractivity contribution in [2.45, 2.75) is 6.54 Å². The molecule has 0 atom stereocenters. The highest BCUT2D eigenvalue weighted by Crippen LogP contribution is 2.27. The van der Waals surface area contributed by atoms with Gasteiger partial charge in [0.15, 0.2) is 11.5 Å². The molecule has 0 aliphatic rings. The van der Waals surface area contributed by atoms with Crippen molar-refractivity contribution in [3.05, 3.63) is 60.3 Å². The lowest BCUT2D eigenvalue weighted by Gasteiger charge is -2.10. The maximum atomic E-state index is 9.63. The van der Waals surface area contributed by atoms with Crippen molar-refractivity contribution in [2.24, 2.45) is 7.05 Å². The molecular formula is C18H19N3O2. The highest BCUT2D eigenvalue weighted by Gasteiger charge is 2.08. The van der Waals surface area contributed by atoms with Crippen LogP contribution < -0.4 is 10.1 Å². The maximum Gasteiger partial charge on any atom is 0.203 e. The van der Waals surface area contributed by atoms with Gasteiger partial charge in [-0.15, -0.1) is 0 Å². The monoisotopic (exact) mass is 309 g/mol. The summed E-state index contributed by atoms with van der Waals surface area (Å²) in [6.07, 6.45) is 1.86. The molecule has 3 aromatic rings. The smallest absolute Gasteiger partial charge is 0.203 e. The van der Waals surface area contributed by atoms with E-state index in [0.29, 0.717) is 12.3 Å². The number of hydrogen-bond acceptors (Lipinski definition) is 4. The molecule has 2 N–H and O–H groups in total. The van der Waals surface area contributed by atoms with Crippen LogP contribution in [0.1, 0.15) is 5.56 Å². The van der Waals surface area contributed by atoms with Crippen LogP contribution in [0, 0.1) is 0 Å². The van der Waals surface area contributed by atoms with E-state index in [1.165, 1.54) is 7.11 Å². The molecule has 0 aliphatic carbocycles. The lowest BCUT2D eigenvalue weighted by Crippen LogP contribution is -2.05. The fourth-order valence-electron chi connectivity index (χ4n) is 2.46. The Morgan fingerprint density at radius 3 is 2.70 bits per heavy atom. The third-order valence-electron chi connectivity index (χ3n) is 3.75. The average Bonchev–Trinajstić information content (AvgIpc) is 2.95. The van der Waals surface area contributed by atoms with E-state index in [-0.39, 0.29) is 5.75 Å². The van der Waals surface area contributed by atoms with Gasteiger partial charge in [-0.25, -0.2) is 4.98 Å². The van der Waals surface area contributed by atoms with Crippen molar-refractivity contribution in [1.82, 2.24) is 9.55 Å². The summed E-state index contributed by atoms with van der Waals surface area (Å²) in [5.41, 5.74) is 3.18. The molecule has 0 unspecified atom stereocenters. The molecular weight excluding hydrogens is 290 g/mol. The Kier molecular flexibility index (Phi) is 4.19. The molecule has 0 radical (unpaired) electrons. The Bertz CT molecular complexity index is 797. The summed E-state index contributed by atoms with van der Waals surface area (Å²) in [5.74, 6) is 1.39. The minimum atomic E-state index is 0.139. The van der Waals surface area contributed by atoms with Crippen molar-refractivity contribution in [2.75, 3.05) is 12.4 Å². The number of benzene rings is 2. The van der Waals surface area contributed by atoms with Crippen molar-refractivity contribution in [1.29, 1.82) is 0 Å². The van der Waals surface area contributed by atoms with Gasteiger partial charge < -0.3 is 19.7 Å². The average molecular weight is 309 g/mol. The van der Waals surface area contributed by atoms with E-state index in [9.17, 15) is 5.11 Å². The van der Waals surface area contributed by atoms with Gasteiger partial charge in [-0.05, 0) is 23.3 Å². The third-order valence-corrected chi connectivity index (χ3v) is 3.75. The van der Waals surface area contributed by atoms with Gasteiger partial charge in [-0.2, -0.15) is 0 Å². The molecule has 0 saturated heterocycles. The zero-order chi connectivity index (χ0) is 16.2. The normalized spacial score (nSPS) is 10.5. The Labute approximate surface area is 135 Å². The highest BCUT2D eigenvalue weighted by molar-refractivity contribution is 5.61. The first-order valence-electron chi connectivity index (χ1n) is 7.36. The van der Waals surface area contributed by atoms with Crippen LogP contribution >= 0.6 is 0 Å². The summed E-state index contributed by atoms with van der Waals surface area (Å²) in [5, 5.41) is 12.9. The van der Waals surface area contributed by atoms with E-state index >= 15 is 0 Å². The zero-order valence-corrected chi connectivity index (χ0v) is 13.2. The van der Waals surface area contributed by atoms with E-state index in [0.717, 1.165) is 22.8 Å². The van der Waals surface area contributed by atoms with Gasteiger partial charge in [0.25, 0.3) is 0 Å². The number of hydrogen-bond donors (Lipinski definition) is 2. The van der Waals surface area contributed by atoms with Crippen LogP contribution in [-0.2, 0) is 13.6 Å². The van der Waals surface area contributed by atoms with E-state index < -0.39 is 0 Å². The molecule has 23 heavy (non-hydrogen) atoms. The molecule has 5 nitrogen and oxygen atoms in total. The number of methoxy groups -OCH3 is 1. The lowest BCUT2D eigenvalue weighted by atomic mass is 10.2. The second-order valence-corrected chi connectivity index (χ2v) is 5.25. The van der Waals surface area contributed by atoms with Gasteiger partial charge in [0, 0.05) is 13.6 Å². The number of rotatable bonds is 5. The standard InChI is InChI=1S/C18H19N3O2/c1-21-15(14-6-4-3-5-7-14)12-20-18(21)19-11-13-8-9-16(22)17(10-13)23-2/h3-10,12,22H,11H2,1-2H3,(H,19,20). The van der Waals surface area contributed by atoms with E-state index in [1.807, 2.05) is 48.1 Å². The third kappa shape index (κ3) is 3.13. The Hall–Kier alpha value is -2.95. The SMILES string of the molecule is COc1cc(CNc2ncc(-c3ccccc3)n2C)ccc1O. The van der Waals surface area contributed by atoms with Crippen LogP contribution in [0.3, 0.4) is 0 Å². The lowest BCUT2D eigenvalue weighted by molar-refractivity contribution is 0.373. The summed E-state index contributed by atoms with van der Waals surface area (Å²) in [4.78, 5) is 4.44. The van der Waals surface area contributed by atoms with Gasteiger partial charge in [0.2, 0.25) is 5.95 Å². The predicted octanol–water partition coefficient (Wildman–Crippen LogP) is 3.41. The van der Waals surface area contributed by atoms with Gasteiger partial charge in [-0.1, -0.05) is 36.4 Å². The second kappa shape index (κ2) is 6.44. The van der Waals surface area contributed by atoms with Crippen LogP contribution in [0.5, 0.6) is 11.5 Å². The molecule has 5 heteroatoms. The minimum Gasteiger partial charge on any atom is -0.504 e. The summed E-state index contributed by atoms with van der Waals surface area (Å²) in [6, 6.07) is 15.4. The van der Waals surface area contributed by atoms with Crippen LogP contribution in [0.15, 0.2) is 54.7 Å². The van der Waals surface area contributed by atoms with E-state index in [2.05, 4.69) is 22.4 Å². The van der Waals surface area contributed by atoms with Crippen molar-refractivity contribution in [3.8, 4) is 22.8 Å². The first kappa shape index (κ1) is 15.0. The molecule has 118 valence electrons. The topological polar surface area (TPSA) is 59.3 Å². The fraction of sp³-hybridized carbons (Fsp3) is 0.167. The molecule has 0 spiro atoms. The fourth-order valence-corrected chi connectivity index (χ4v) is 2.46. The summed E-state index contributed by atoms with van der Waals surface area (Å²) < 4.78 is 7.15. The quantitative estimate of drug-likeness (QED) is 0.758. The Morgan fingerprint density at radius 2 is 1.96 bits per heavy atom. The molecule has 2 aromatic carbocycles. The first-order chi connectivity index (χ1) is 11.2. The summed E-state index contributed by atoms with van der Waals surface area (Å²) in [7, 11) is 3.52. The van der Waals surface area contributed by atoms with Gasteiger partial charge in [-0.3, -0.25) is 0 Å². The number of nitrogens with one attached hydrogen (secondary N) is 1. The molecule has 0 aliphatic heterocycles. The number of aromatic nitrogens is 2. The van der Waals surface area contributed by atoms with Gasteiger partial charge in [0.05, 0.1) is 19.0 Å². The second-order valence-electron chi connectivity index (χ2n) is 5.25. The number of phenolic OH excluding ortho intramolecular Hbond substituents is 1. The van der Waals surface area contributed by atoms with Crippen LogP contribution in [-0.4, -0.2) is 21.8 Å². The van der Waals surface area contributed by atoms with Crippen LogP contribution in [0.4, 0.5) is 5.95 Å². The molecule has 1 heterocycles. The number of nitrogens with zero attached hydrogens (tertiary/aromatic N) is 2. The van der Waals surface area contributed by atoms with Crippen LogP contribution in [0.2, 0.25) is 0 Å². The molecule has 0 fully saturated rings. The highest BCUT2D eigenvalue weighted by atomic mass is 16.5. The van der Waals surface area contributed by atoms with E-state index in [1.54, 1.807) is 6.07 Å². The summed E-state index contributed by atoms with van der Waals surface area (Å²) >= 11 is 0. The largest absolute Gasteiger partial charge is 0.504 e. The minimum absolute atomic E-state index is 0.139. The number of phenols is 1. The molecule has 3 rings (SSSR count). The molecule has 0 amide bonds. The van der Waals surface area contributed by atoms with Gasteiger partial charge >= 0.3 is 0 Å². The van der Waals surface area contributed by atoms with E-state index in [4.69, 9.17) is 4.74 Å². The number of anilines is 1. The predicted molar refractivity (Wildman–Crippen MR) is 90.6 cm³/mol. The van der Waals surface area contributed by atoms with Crippen molar-refractivity contribution >= 4 is 5.95 Å². The number of imidazole rings is 1. The maximum absolute atomic E-state index is 9.63. The zero-order valence-electron chi connectivity index (χ0n) is 13.2. The van der Waals surface area contributed by atoms with Gasteiger partial charge in [0.1, 0.15) is 0 Å². The van der Waals surface area contributed by atoms with Crippen molar-refractivity contribution < 1.29 is 9.84 Å². The molecule has 0 saturated carbocycles. The van der Waals surface area contributed by atoms with Crippen molar-refractivity contribution in [3.63, 3.8) is 0 Å². The Morgan fingerprint density at radius 1 is 1.17 bits per heavy atom.